The lowest BCUT2D eigenvalue weighted by molar-refractivity contribution is -0.118. The SMILES string of the molecule is NC(=O)c1cccc(OCC(=O)Nc2cc(Cl)ccc2-n2cncn2)c1. The number of benzene rings is 2. The quantitative estimate of drug-likeness (QED) is 0.688. The van der Waals surface area contributed by atoms with E-state index in [-0.39, 0.29) is 6.61 Å². The number of ether oxygens (including phenoxy) is 1. The summed E-state index contributed by atoms with van der Waals surface area (Å²) in [6.45, 7) is -0.258. The summed E-state index contributed by atoms with van der Waals surface area (Å²) in [7, 11) is 0. The molecular weight excluding hydrogens is 358 g/mol. The van der Waals surface area contributed by atoms with Gasteiger partial charge in [0.2, 0.25) is 5.91 Å². The van der Waals surface area contributed by atoms with Crippen molar-refractivity contribution in [2.75, 3.05) is 11.9 Å². The number of rotatable bonds is 6. The summed E-state index contributed by atoms with van der Waals surface area (Å²) in [4.78, 5) is 27.3. The Morgan fingerprint density at radius 3 is 2.81 bits per heavy atom. The molecule has 0 bridgehead atoms. The van der Waals surface area contributed by atoms with Gasteiger partial charge in [-0.15, -0.1) is 0 Å². The van der Waals surface area contributed by atoms with Crippen LogP contribution < -0.4 is 15.8 Å². The number of carbonyl (C=O) groups excluding carboxylic acids is 2. The molecule has 0 aliphatic heterocycles. The van der Waals surface area contributed by atoms with Crippen molar-refractivity contribution in [3.63, 3.8) is 0 Å². The minimum atomic E-state index is -0.573. The molecule has 0 spiro atoms. The fraction of sp³-hybridized carbons (Fsp3) is 0.0588. The van der Waals surface area contributed by atoms with Gasteiger partial charge in [-0.1, -0.05) is 17.7 Å². The topological polar surface area (TPSA) is 112 Å². The molecule has 9 heteroatoms. The van der Waals surface area contributed by atoms with Gasteiger partial charge in [0.15, 0.2) is 6.61 Å². The predicted octanol–water partition coefficient (Wildman–Crippen LogP) is 2.04. The van der Waals surface area contributed by atoms with Crippen molar-refractivity contribution in [3.8, 4) is 11.4 Å². The first-order valence-corrected chi connectivity index (χ1v) is 7.88. The van der Waals surface area contributed by atoms with Crippen LogP contribution in [0, 0.1) is 0 Å². The minimum Gasteiger partial charge on any atom is -0.484 e. The summed E-state index contributed by atoms with van der Waals surface area (Å²) >= 11 is 6.01. The molecule has 1 aromatic heterocycles. The number of nitrogens with zero attached hydrogens (tertiary/aromatic N) is 3. The van der Waals surface area contributed by atoms with E-state index in [0.29, 0.717) is 27.7 Å². The highest BCUT2D eigenvalue weighted by Gasteiger charge is 2.11. The Bertz CT molecular complexity index is 943. The number of nitrogens with two attached hydrogens (primary N) is 1. The van der Waals surface area contributed by atoms with Gasteiger partial charge in [0, 0.05) is 10.6 Å². The maximum absolute atomic E-state index is 12.2. The third-order valence-electron chi connectivity index (χ3n) is 3.39. The summed E-state index contributed by atoms with van der Waals surface area (Å²) in [5, 5.41) is 7.22. The Kier molecular flexibility index (Phi) is 5.14. The van der Waals surface area contributed by atoms with E-state index in [1.165, 1.54) is 23.4 Å². The van der Waals surface area contributed by atoms with Gasteiger partial charge in [0.1, 0.15) is 18.4 Å². The molecule has 0 aliphatic rings. The van der Waals surface area contributed by atoms with Crippen LogP contribution in [0.15, 0.2) is 55.1 Å². The monoisotopic (exact) mass is 371 g/mol. The molecule has 0 radical (unpaired) electrons. The second kappa shape index (κ2) is 7.66. The molecule has 2 amide bonds. The second-order valence-corrected chi connectivity index (χ2v) is 5.67. The second-order valence-electron chi connectivity index (χ2n) is 5.23. The maximum atomic E-state index is 12.2. The smallest absolute Gasteiger partial charge is 0.262 e. The fourth-order valence-electron chi connectivity index (χ4n) is 2.22. The summed E-state index contributed by atoms with van der Waals surface area (Å²) in [5.74, 6) is -0.617. The Labute approximate surface area is 153 Å². The number of nitrogens with one attached hydrogen (secondary N) is 1. The van der Waals surface area contributed by atoms with E-state index >= 15 is 0 Å². The molecule has 0 unspecified atom stereocenters. The average molecular weight is 372 g/mol. The number of primary amides is 1. The Morgan fingerprint density at radius 1 is 1.23 bits per heavy atom. The van der Waals surface area contributed by atoms with E-state index in [9.17, 15) is 9.59 Å². The zero-order valence-corrected chi connectivity index (χ0v) is 14.2. The first kappa shape index (κ1) is 17.4. The van der Waals surface area contributed by atoms with E-state index in [2.05, 4.69) is 15.4 Å². The summed E-state index contributed by atoms with van der Waals surface area (Å²) in [5.41, 5.74) is 6.58. The number of aromatic nitrogens is 3. The van der Waals surface area contributed by atoms with Gasteiger partial charge >= 0.3 is 0 Å². The van der Waals surface area contributed by atoms with Crippen LogP contribution in [0.2, 0.25) is 5.02 Å². The molecule has 26 heavy (non-hydrogen) atoms. The third kappa shape index (κ3) is 4.17. The molecule has 0 atom stereocenters. The standard InChI is InChI=1S/C17H14ClN5O3/c18-12-4-5-15(23-10-20-9-21-23)14(7-12)22-16(24)8-26-13-3-1-2-11(6-13)17(19)25/h1-7,9-10H,8H2,(H2,19,25)(H,22,24). The number of anilines is 1. The highest BCUT2D eigenvalue weighted by Crippen LogP contribution is 2.24. The van der Waals surface area contributed by atoms with Crippen LogP contribution in [-0.2, 0) is 4.79 Å². The van der Waals surface area contributed by atoms with E-state index in [4.69, 9.17) is 22.1 Å². The molecule has 0 fully saturated rings. The van der Waals surface area contributed by atoms with Crippen LogP contribution in [0.4, 0.5) is 5.69 Å². The van der Waals surface area contributed by atoms with Gasteiger partial charge < -0.3 is 15.8 Å². The molecule has 132 valence electrons. The van der Waals surface area contributed by atoms with Gasteiger partial charge in [-0.2, -0.15) is 5.10 Å². The lowest BCUT2D eigenvalue weighted by atomic mass is 10.2. The molecule has 3 N–H and O–H groups in total. The number of hydrogen-bond acceptors (Lipinski definition) is 5. The lowest BCUT2D eigenvalue weighted by Crippen LogP contribution is -2.21. The molecule has 0 saturated heterocycles. The Balaban J connectivity index is 1.70. The first-order valence-electron chi connectivity index (χ1n) is 7.50. The molecule has 0 aliphatic carbocycles. The Hall–Kier alpha value is -3.39. The molecular formula is C17H14ClN5O3. The van der Waals surface area contributed by atoms with E-state index in [1.54, 1.807) is 36.4 Å². The van der Waals surface area contributed by atoms with Crippen LogP contribution in [0.5, 0.6) is 5.75 Å². The first-order chi connectivity index (χ1) is 12.5. The molecule has 1 heterocycles. The molecule has 0 saturated carbocycles. The largest absolute Gasteiger partial charge is 0.484 e. The zero-order chi connectivity index (χ0) is 18.5. The number of carbonyl (C=O) groups is 2. The molecule has 2 aromatic carbocycles. The van der Waals surface area contributed by atoms with E-state index in [0.717, 1.165) is 0 Å². The summed E-state index contributed by atoms with van der Waals surface area (Å²) in [6, 6.07) is 11.3. The highest BCUT2D eigenvalue weighted by molar-refractivity contribution is 6.31. The maximum Gasteiger partial charge on any atom is 0.262 e. The molecule has 3 rings (SSSR count). The van der Waals surface area contributed by atoms with Crippen LogP contribution in [0.1, 0.15) is 10.4 Å². The van der Waals surface area contributed by atoms with Crippen molar-refractivity contribution >= 4 is 29.1 Å². The van der Waals surface area contributed by atoms with Gasteiger partial charge in [-0.25, -0.2) is 9.67 Å². The number of amides is 2. The number of hydrogen-bond donors (Lipinski definition) is 2. The van der Waals surface area contributed by atoms with Crippen molar-refractivity contribution in [3.05, 3.63) is 65.7 Å². The highest BCUT2D eigenvalue weighted by atomic mass is 35.5. The minimum absolute atomic E-state index is 0.258. The van der Waals surface area contributed by atoms with Gasteiger partial charge in [0.25, 0.3) is 5.91 Å². The molecule has 3 aromatic rings. The Morgan fingerprint density at radius 2 is 2.08 bits per heavy atom. The summed E-state index contributed by atoms with van der Waals surface area (Å²) in [6.07, 6.45) is 2.89. The predicted molar refractivity (Wildman–Crippen MR) is 95.5 cm³/mol. The van der Waals surface area contributed by atoms with Gasteiger partial charge in [-0.05, 0) is 36.4 Å². The lowest BCUT2D eigenvalue weighted by Gasteiger charge is -2.12. The van der Waals surface area contributed by atoms with E-state index < -0.39 is 11.8 Å². The van der Waals surface area contributed by atoms with Gasteiger partial charge in [-0.3, -0.25) is 9.59 Å². The van der Waals surface area contributed by atoms with Crippen LogP contribution in [0.3, 0.4) is 0 Å². The van der Waals surface area contributed by atoms with Crippen molar-refractivity contribution in [1.82, 2.24) is 14.8 Å². The fourth-order valence-corrected chi connectivity index (χ4v) is 2.39. The summed E-state index contributed by atoms with van der Waals surface area (Å²) < 4.78 is 6.91. The van der Waals surface area contributed by atoms with Crippen LogP contribution >= 0.6 is 11.6 Å². The normalized spacial score (nSPS) is 10.3. The van der Waals surface area contributed by atoms with Crippen molar-refractivity contribution < 1.29 is 14.3 Å². The van der Waals surface area contributed by atoms with Crippen molar-refractivity contribution in [2.45, 2.75) is 0 Å². The van der Waals surface area contributed by atoms with Crippen LogP contribution in [0.25, 0.3) is 5.69 Å². The molecule has 8 nitrogen and oxygen atoms in total. The van der Waals surface area contributed by atoms with Gasteiger partial charge in [0.05, 0.1) is 11.4 Å². The van der Waals surface area contributed by atoms with Crippen LogP contribution in [-0.4, -0.2) is 33.2 Å². The number of halogens is 1. The average Bonchev–Trinajstić information content (AvgIpc) is 3.15. The van der Waals surface area contributed by atoms with Crippen molar-refractivity contribution in [1.29, 1.82) is 0 Å². The third-order valence-corrected chi connectivity index (χ3v) is 3.62. The van der Waals surface area contributed by atoms with Crippen molar-refractivity contribution in [2.24, 2.45) is 5.73 Å². The van der Waals surface area contributed by atoms with E-state index in [1.807, 2.05) is 0 Å². The zero-order valence-electron chi connectivity index (χ0n) is 13.4.